The van der Waals surface area contributed by atoms with E-state index in [2.05, 4.69) is 0 Å². The zero-order valence-electron chi connectivity index (χ0n) is 15.5. The monoisotopic (exact) mass is 362 g/mol. The molecular weight excluding hydrogens is 335 g/mol. The van der Waals surface area contributed by atoms with Gasteiger partial charge in [-0.15, -0.1) is 0 Å². The third kappa shape index (κ3) is 1.76. The van der Waals surface area contributed by atoms with Gasteiger partial charge in [0, 0.05) is 16.7 Å². The summed E-state index contributed by atoms with van der Waals surface area (Å²) in [7, 11) is 0. The lowest BCUT2D eigenvalue weighted by molar-refractivity contribution is -0.215. The number of aldehydes is 1. The molecule has 0 saturated heterocycles. The summed E-state index contributed by atoms with van der Waals surface area (Å²) in [6, 6.07) is 0. The minimum Gasteiger partial charge on any atom is -0.390 e. The molecule has 4 nitrogen and oxygen atoms in total. The summed E-state index contributed by atoms with van der Waals surface area (Å²) in [5.41, 5.74) is -4.60. The maximum Gasteiger partial charge on any atom is 0.178 e. The Balaban J connectivity index is 1.85. The van der Waals surface area contributed by atoms with Crippen molar-refractivity contribution in [1.82, 2.24) is 0 Å². The molecule has 2 N–H and O–H groups in total. The Kier molecular flexibility index (Phi) is 3.57. The maximum absolute atomic E-state index is 16.7. The molecule has 0 bridgehead atoms. The largest absolute Gasteiger partial charge is 0.390 e. The van der Waals surface area contributed by atoms with Gasteiger partial charge in [-0.3, -0.25) is 4.79 Å². The second-order valence-electron chi connectivity index (χ2n) is 9.34. The van der Waals surface area contributed by atoms with E-state index in [0.29, 0.717) is 25.5 Å². The number of alkyl halides is 1. The van der Waals surface area contributed by atoms with Crippen molar-refractivity contribution in [3.8, 4) is 0 Å². The fourth-order valence-corrected chi connectivity index (χ4v) is 6.83. The Labute approximate surface area is 153 Å². The third-order valence-electron chi connectivity index (χ3n) is 8.48. The Bertz CT molecular complexity index is 744. The second kappa shape index (κ2) is 5.14. The van der Waals surface area contributed by atoms with Crippen molar-refractivity contribution < 1.29 is 24.2 Å². The van der Waals surface area contributed by atoms with Gasteiger partial charge in [0.1, 0.15) is 5.60 Å². The summed E-state index contributed by atoms with van der Waals surface area (Å²) in [4.78, 5) is 23.6. The predicted octanol–water partition coefficient (Wildman–Crippen LogP) is 2.53. The van der Waals surface area contributed by atoms with Crippen LogP contribution in [0.1, 0.15) is 46.5 Å². The summed E-state index contributed by atoms with van der Waals surface area (Å²) in [5.74, 6) is -1.07. The number of carbonyl (C=O) groups is 2. The number of hydrogen-bond acceptors (Lipinski definition) is 4. The quantitative estimate of drug-likeness (QED) is 0.703. The highest BCUT2D eigenvalue weighted by Gasteiger charge is 2.74. The van der Waals surface area contributed by atoms with Gasteiger partial charge in [0.25, 0.3) is 0 Å². The fourth-order valence-electron chi connectivity index (χ4n) is 6.83. The van der Waals surface area contributed by atoms with Crippen LogP contribution in [0.4, 0.5) is 4.39 Å². The number of fused-ring (bicyclic) bond motifs is 5. The van der Waals surface area contributed by atoms with Crippen LogP contribution in [0.25, 0.3) is 0 Å². The first-order chi connectivity index (χ1) is 12.0. The molecule has 0 heterocycles. The van der Waals surface area contributed by atoms with Gasteiger partial charge in [-0.2, -0.15) is 0 Å². The minimum absolute atomic E-state index is 0.0366. The molecule has 3 saturated carbocycles. The molecule has 4 aliphatic carbocycles. The molecule has 0 unspecified atom stereocenters. The molecule has 0 aromatic rings. The molecule has 26 heavy (non-hydrogen) atoms. The van der Waals surface area contributed by atoms with Gasteiger partial charge >= 0.3 is 0 Å². The predicted molar refractivity (Wildman–Crippen MR) is 93.9 cm³/mol. The van der Waals surface area contributed by atoms with E-state index >= 15 is 4.39 Å². The topological polar surface area (TPSA) is 74.6 Å². The number of halogens is 1. The van der Waals surface area contributed by atoms with E-state index in [1.807, 2.05) is 13.8 Å². The van der Waals surface area contributed by atoms with E-state index in [1.54, 1.807) is 13.0 Å². The van der Waals surface area contributed by atoms with Crippen molar-refractivity contribution in [2.75, 3.05) is 0 Å². The zero-order chi connectivity index (χ0) is 19.1. The number of ketones is 1. The molecule has 0 aromatic heterocycles. The van der Waals surface area contributed by atoms with E-state index in [9.17, 15) is 19.8 Å². The van der Waals surface area contributed by atoms with Gasteiger partial charge < -0.3 is 15.0 Å². The average Bonchev–Trinajstić information content (AvgIpc) is 2.78. The van der Waals surface area contributed by atoms with Crippen molar-refractivity contribution >= 4 is 12.1 Å². The van der Waals surface area contributed by atoms with Gasteiger partial charge in [-0.05, 0) is 56.6 Å². The number of rotatable bonds is 1. The van der Waals surface area contributed by atoms with Crippen molar-refractivity contribution in [2.45, 2.75) is 63.8 Å². The smallest absolute Gasteiger partial charge is 0.178 e. The summed E-state index contributed by atoms with van der Waals surface area (Å²) in [6.07, 6.45) is 5.52. The lowest BCUT2D eigenvalue weighted by Gasteiger charge is -2.62. The standard InChI is InChI=1S/C21H27FO4/c1-12-8-16-15-5-4-13-9-14(24)6-7-18(13,2)21(15,22)17(25)10-19(16,3)20(12,26)11-23/h6-7,9,11-12,15-17,25-26H,4-5,8,10H2,1-3H3/t12-,15-,16-,17-,18-,19-,20+,21-/m0/s1. The van der Waals surface area contributed by atoms with Crippen LogP contribution in [0.3, 0.4) is 0 Å². The number of aliphatic hydroxyl groups is 2. The summed E-state index contributed by atoms with van der Waals surface area (Å²) < 4.78 is 16.7. The number of carbonyl (C=O) groups excluding carboxylic acids is 2. The second-order valence-corrected chi connectivity index (χ2v) is 9.34. The van der Waals surface area contributed by atoms with Crippen LogP contribution >= 0.6 is 0 Å². The maximum atomic E-state index is 16.7. The number of hydrogen-bond donors (Lipinski definition) is 2. The van der Waals surface area contributed by atoms with E-state index in [0.717, 1.165) is 5.57 Å². The summed E-state index contributed by atoms with van der Waals surface area (Å²) >= 11 is 0. The number of aliphatic hydroxyl groups excluding tert-OH is 1. The molecule has 5 heteroatoms. The molecular formula is C21H27FO4. The summed E-state index contributed by atoms with van der Waals surface area (Å²) in [6.45, 7) is 5.43. The van der Waals surface area contributed by atoms with Crippen LogP contribution in [-0.2, 0) is 9.59 Å². The molecule has 4 rings (SSSR count). The summed E-state index contributed by atoms with van der Waals surface area (Å²) in [5, 5.41) is 22.1. The lowest BCUT2D eigenvalue weighted by Crippen LogP contribution is -2.68. The lowest BCUT2D eigenvalue weighted by atomic mass is 9.45. The normalized spacial score (nSPS) is 55.6. The van der Waals surface area contributed by atoms with Crippen molar-refractivity contribution in [3.63, 3.8) is 0 Å². The first kappa shape index (κ1) is 18.1. The van der Waals surface area contributed by atoms with Crippen molar-refractivity contribution in [2.24, 2.45) is 28.6 Å². The molecule has 8 atom stereocenters. The van der Waals surface area contributed by atoms with Gasteiger partial charge in [0.15, 0.2) is 17.7 Å². The highest BCUT2D eigenvalue weighted by atomic mass is 19.1. The Hall–Kier alpha value is -1.33. The van der Waals surface area contributed by atoms with Crippen LogP contribution in [-0.4, -0.2) is 39.7 Å². The van der Waals surface area contributed by atoms with E-state index < -0.39 is 34.1 Å². The fraction of sp³-hybridized carbons (Fsp3) is 0.714. The molecule has 4 aliphatic rings. The molecule has 142 valence electrons. The molecule has 0 aromatic carbocycles. The highest BCUT2D eigenvalue weighted by Crippen LogP contribution is 2.70. The molecule has 3 fully saturated rings. The van der Waals surface area contributed by atoms with Crippen molar-refractivity contribution in [1.29, 1.82) is 0 Å². The molecule has 0 spiro atoms. The van der Waals surface area contributed by atoms with Crippen LogP contribution < -0.4 is 0 Å². The first-order valence-corrected chi connectivity index (χ1v) is 9.54. The zero-order valence-corrected chi connectivity index (χ0v) is 15.5. The Morgan fingerprint density at radius 1 is 1.31 bits per heavy atom. The van der Waals surface area contributed by atoms with E-state index in [4.69, 9.17) is 0 Å². The molecule has 0 radical (unpaired) electrons. The minimum atomic E-state index is -1.91. The first-order valence-electron chi connectivity index (χ1n) is 9.54. The van der Waals surface area contributed by atoms with Crippen LogP contribution in [0.2, 0.25) is 0 Å². The van der Waals surface area contributed by atoms with Crippen LogP contribution in [0.5, 0.6) is 0 Å². The molecule has 0 amide bonds. The van der Waals surface area contributed by atoms with Gasteiger partial charge in [-0.25, -0.2) is 4.39 Å². The van der Waals surface area contributed by atoms with Gasteiger partial charge in [0.2, 0.25) is 0 Å². The Morgan fingerprint density at radius 3 is 2.65 bits per heavy atom. The van der Waals surface area contributed by atoms with E-state index in [-0.39, 0.29) is 24.0 Å². The van der Waals surface area contributed by atoms with Crippen LogP contribution in [0, 0.1) is 28.6 Å². The van der Waals surface area contributed by atoms with Gasteiger partial charge in [-0.1, -0.05) is 25.5 Å². The van der Waals surface area contributed by atoms with Crippen molar-refractivity contribution in [3.05, 3.63) is 23.8 Å². The SMILES string of the molecule is C[C@H]1C[C@H]2[C@@H]3CCC4=CC(=O)C=C[C@]4(C)[C@@]3(F)[C@@H](O)C[C@]2(C)[C@@]1(O)C=O. The average molecular weight is 362 g/mol. The third-order valence-corrected chi connectivity index (χ3v) is 8.48. The number of allylic oxidation sites excluding steroid dienone is 4. The Morgan fingerprint density at radius 2 is 2.00 bits per heavy atom. The highest BCUT2D eigenvalue weighted by molar-refractivity contribution is 6.01. The molecule has 0 aliphatic heterocycles. The van der Waals surface area contributed by atoms with Crippen LogP contribution in [0.15, 0.2) is 23.8 Å². The van der Waals surface area contributed by atoms with E-state index in [1.165, 1.54) is 12.2 Å². The van der Waals surface area contributed by atoms with Gasteiger partial charge in [0.05, 0.1) is 6.10 Å².